The molecule has 0 saturated heterocycles. The van der Waals surface area contributed by atoms with Gasteiger partial charge in [0, 0.05) is 27.5 Å². The van der Waals surface area contributed by atoms with E-state index in [9.17, 15) is 9.59 Å². The van der Waals surface area contributed by atoms with E-state index in [1.54, 1.807) is 43.5 Å². The van der Waals surface area contributed by atoms with Crippen LogP contribution in [0.4, 0.5) is 11.4 Å². The Morgan fingerprint density at radius 1 is 1.04 bits per heavy atom. The van der Waals surface area contributed by atoms with Gasteiger partial charge in [-0.1, -0.05) is 28.1 Å². The number of thiophene rings is 1. The highest BCUT2D eigenvalue weighted by Crippen LogP contribution is 2.24. The summed E-state index contributed by atoms with van der Waals surface area (Å²) in [5, 5.41) is 7.45. The first kappa shape index (κ1) is 19.9. The molecule has 142 valence electrons. The fraction of sp³-hybridized carbons (Fsp3) is 0.0476. The number of benzene rings is 2. The Hall–Kier alpha value is -2.90. The van der Waals surface area contributed by atoms with Gasteiger partial charge in [0.2, 0.25) is 5.91 Å². The molecule has 0 aliphatic rings. The van der Waals surface area contributed by atoms with Gasteiger partial charge >= 0.3 is 0 Å². The Morgan fingerprint density at radius 3 is 2.54 bits per heavy atom. The summed E-state index contributed by atoms with van der Waals surface area (Å²) in [6.45, 7) is 0. The third-order valence-electron chi connectivity index (χ3n) is 3.74. The van der Waals surface area contributed by atoms with E-state index in [1.165, 1.54) is 17.4 Å². The summed E-state index contributed by atoms with van der Waals surface area (Å²) in [5.41, 5.74) is 1.97. The number of nitrogens with one attached hydrogen (secondary N) is 2. The van der Waals surface area contributed by atoms with Crippen LogP contribution in [0.5, 0.6) is 5.75 Å². The largest absolute Gasteiger partial charge is 0.496 e. The summed E-state index contributed by atoms with van der Waals surface area (Å²) in [7, 11) is 1.58. The number of rotatable bonds is 6. The SMILES string of the molecule is COc1ccc(Br)cc1/C=C/C(=O)Nc1cccc(NC(=O)c2cccs2)c1. The van der Waals surface area contributed by atoms with Crippen molar-refractivity contribution in [1.82, 2.24) is 0 Å². The second-order valence-electron chi connectivity index (χ2n) is 5.72. The molecule has 0 radical (unpaired) electrons. The molecule has 2 aromatic carbocycles. The number of hydrogen-bond acceptors (Lipinski definition) is 4. The third kappa shape index (κ3) is 5.31. The first-order valence-corrected chi connectivity index (χ1v) is 10.00. The molecule has 3 aromatic rings. The number of carbonyl (C=O) groups excluding carboxylic acids is 2. The number of hydrogen-bond donors (Lipinski definition) is 2. The van der Waals surface area contributed by atoms with Crippen molar-refractivity contribution in [2.45, 2.75) is 0 Å². The number of carbonyl (C=O) groups is 2. The van der Waals surface area contributed by atoms with Crippen molar-refractivity contribution in [2.24, 2.45) is 0 Å². The van der Waals surface area contributed by atoms with E-state index >= 15 is 0 Å². The molecule has 0 atom stereocenters. The number of halogens is 1. The first-order chi connectivity index (χ1) is 13.5. The van der Waals surface area contributed by atoms with Crippen LogP contribution in [0.2, 0.25) is 0 Å². The van der Waals surface area contributed by atoms with Crippen LogP contribution in [0.25, 0.3) is 6.08 Å². The summed E-state index contributed by atoms with van der Waals surface area (Å²) in [4.78, 5) is 25.0. The maximum absolute atomic E-state index is 12.3. The molecule has 0 unspecified atom stereocenters. The van der Waals surface area contributed by atoms with E-state index < -0.39 is 0 Å². The van der Waals surface area contributed by atoms with E-state index in [0.29, 0.717) is 22.0 Å². The van der Waals surface area contributed by atoms with Crippen molar-refractivity contribution >= 4 is 56.5 Å². The first-order valence-electron chi connectivity index (χ1n) is 8.32. The summed E-state index contributed by atoms with van der Waals surface area (Å²) in [5.74, 6) is 0.203. The van der Waals surface area contributed by atoms with Gasteiger partial charge in [0.15, 0.2) is 0 Å². The van der Waals surface area contributed by atoms with Crippen molar-refractivity contribution in [3.8, 4) is 5.75 Å². The Balaban J connectivity index is 1.66. The molecule has 0 aliphatic heterocycles. The molecule has 2 N–H and O–H groups in total. The molecule has 3 rings (SSSR count). The molecule has 2 amide bonds. The van der Waals surface area contributed by atoms with Gasteiger partial charge in [-0.05, 0) is 53.9 Å². The van der Waals surface area contributed by atoms with Gasteiger partial charge in [-0.25, -0.2) is 0 Å². The molecule has 0 fully saturated rings. The summed E-state index contributed by atoms with van der Waals surface area (Å²) < 4.78 is 6.18. The van der Waals surface area contributed by atoms with E-state index in [4.69, 9.17) is 4.74 Å². The maximum atomic E-state index is 12.3. The van der Waals surface area contributed by atoms with Gasteiger partial charge in [-0.15, -0.1) is 11.3 Å². The van der Waals surface area contributed by atoms with Crippen LogP contribution in [-0.2, 0) is 4.79 Å². The van der Waals surface area contributed by atoms with Gasteiger partial charge < -0.3 is 15.4 Å². The Labute approximate surface area is 175 Å². The highest BCUT2D eigenvalue weighted by molar-refractivity contribution is 9.10. The molecule has 0 spiro atoms. The molecule has 7 heteroatoms. The van der Waals surface area contributed by atoms with Crippen molar-refractivity contribution in [1.29, 1.82) is 0 Å². The molecule has 1 heterocycles. The van der Waals surface area contributed by atoms with Gasteiger partial charge in [-0.2, -0.15) is 0 Å². The number of methoxy groups -OCH3 is 1. The van der Waals surface area contributed by atoms with E-state index in [-0.39, 0.29) is 11.8 Å². The van der Waals surface area contributed by atoms with E-state index in [0.717, 1.165) is 10.0 Å². The lowest BCUT2D eigenvalue weighted by molar-refractivity contribution is -0.111. The minimum Gasteiger partial charge on any atom is -0.496 e. The van der Waals surface area contributed by atoms with Crippen LogP contribution in [0.1, 0.15) is 15.2 Å². The number of ether oxygens (including phenoxy) is 1. The van der Waals surface area contributed by atoms with Crippen molar-refractivity contribution in [2.75, 3.05) is 17.7 Å². The number of amides is 2. The highest BCUT2D eigenvalue weighted by Gasteiger charge is 2.08. The molecule has 28 heavy (non-hydrogen) atoms. The third-order valence-corrected chi connectivity index (χ3v) is 5.10. The second kappa shape index (κ2) is 9.34. The zero-order valence-electron chi connectivity index (χ0n) is 14.9. The van der Waals surface area contributed by atoms with Crippen LogP contribution in [0.15, 0.2) is 70.5 Å². The fourth-order valence-corrected chi connectivity index (χ4v) is 3.46. The maximum Gasteiger partial charge on any atom is 0.265 e. The van der Waals surface area contributed by atoms with E-state index in [2.05, 4.69) is 26.6 Å². The standard InChI is InChI=1S/C21H17BrN2O3S/c1-27-18-9-8-15(22)12-14(18)7-10-20(25)23-16-4-2-5-17(13-16)24-21(26)19-6-3-11-28-19/h2-13H,1H3,(H,23,25)(H,24,26)/b10-7+. The predicted molar refractivity (Wildman–Crippen MR) is 117 cm³/mol. The predicted octanol–water partition coefficient (Wildman–Crippen LogP) is 5.42. The van der Waals surface area contributed by atoms with Crippen LogP contribution < -0.4 is 15.4 Å². The second-order valence-corrected chi connectivity index (χ2v) is 7.58. The lowest BCUT2D eigenvalue weighted by atomic mass is 10.2. The van der Waals surface area contributed by atoms with Crippen molar-refractivity contribution < 1.29 is 14.3 Å². The molecular formula is C21H17BrN2O3S. The zero-order chi connectivity index (χ0) is 19.9. The van der Waals surface area contributed by atoms with Crippen LogP contribution in [-0.4, -0.2) is 18.9 Å². The molecule has 0 saturated carbocycles. The van der Waals surface area contributed by atoms with Gasteiger partial charge in [0.1, 0.15) is 5.75 Å². The highest BCUT2D eigenvalue weighted by atomic mass is 79.9. The average molecular weight is 457 g/mol. The van der Waals surface area contributed by atoms with Gasteiger partial charge in [0.25, 0.3) is 5.91 Å². The normalized spacial score (nSPS) is 10.6. The summed E-state index contributed by atoms with van der Waals surface area (Å²) in [6.07, 6.45) is 3.11. The molecule has 0 bridgehead atoms. The monoisotopic (exact) mass is 456 g/mol. The summed E-state index contributed by atoms with van der Waals surface area (Å²) in [6, 6.07) is 16.1. The van der Waals surface area contributed by atoms with Crippen molar-refractivity contribution in [3.63, 3.8) is 0 Å². The smallest absolute Gasteiger partial charge is 0.265 e. The van der Waals surface area contributed by atoms with Crippen LogP contribution in [0.3, 0.4) is 0 Å². The summed E-state index contributed by atoms with van der Waals surface area (Å²) >= 11 is 4.77. The van der Waals surface area contributed by atoms with Gasteiger partial charge in [0.05, 0.1) is 12.0 Å². The van der Waals surface area contributed by atoms with Crippen molar-refractivity contribution in [3.05, 3.63) is 81.0 Å². The topological polar surface area (TPSA) is 67.4 Å². The van der Waals surface area contributed by atoms with E-state index in [1.807, 2.05) is 29.6 Å². The fourth-order valence-electron chi connectivity index (χ4n) is 2.46. The minimum absolute atomic E-state index is 0.180. The number of anilines is 2. The molecule has 0 aliphatic carbocycles. The zero-order valence-corrected chi connectivity index (χ0v) is 17.3. The minimum atomic E-state index is -0.288. The Kier molecular flexibility index (Phi) is 6.62. The van der Waals surface area contributed by atoms with Crippen LogP contribution in [0, 0.1) is 0 Å². The molecular weight excluding hydrogens is 440 g/mol. The lowest BCUT2D eigenvalue weighted by Crippen LogP contribution is -2.11. The van der Waals surface area contributed by atoms with Crippen LogP contribution >= 0.6 is 27.3 Å². The Bertz CT molecular complexity index is 1020. The lowest BCUT2D eigenvalue weighted by Gasteiger charge is -2.07. The Morgan fingerprint density at radius 2 is 1.82 bits per heavy atom. The molecule has 5 nitrogen and oxygen atoms in total. The quantitative estimate of drug-likeness (QED) is 0.486. The molecule has 1 aromatic heterocycles. The average Bonchev–Trinajstić information content (AvgIpc) is 3.22. The van der Waals surface area contributed by atoms with Gasteiger partial charge in [-0.3, -0.25) is 9.59 Å².